The number of hydrogen-bond acceptors (Lipinski definition) is 3. The number of aromatic nitrogens is 1. The summed E-state index contributed by atoms with van der Waals surface area (Å²) in [6.07, 6.45) is 6.86. The van der Waals surface area contributed by atoms with Crippen LogP contribution in [-0.4, -0.2) is 47.3 Å². The van der Waals surface area contributed by atoms with Gasteiger partial charge in [0, 0.05) is 33.5 Å². The zero-order valence-electron chi connectivity index (χ0n) is 17.9. The third-order valence-electron chi connectivity index (χ3n) is 6.81. The highest BCUT2D eigenvalue weighted by Gasteiger charge is 2.25. The standard InChI is InChI=1S/C26H31BrN2O2/c27-19-9-12-25-24(15-19)23-6-4-5-22(26(23)28-25)18-7-10-21(11-8-18)31-17-20(30)16-29-13-2-1-3-14-29/h7-12,15,20,22,28,30H,1-6,13-14,16-17H2. The minimum absolute atomic E-state index is 0.348. The molecule has 0 saturated carbocycles. The van der Waals surface area contributed by atoms with Gasteiger partial charge in [0.2, 0.25) is 0 Å². The lowest BCUT2D eigenvalue weighted by molar-refractivity contribution is 0.0617. The SMILES string of the molecule is OC(COc1ccc(C2CCCc3c2[nH]c2ccc(Br)cc32)cc1)CN1CCCCC1. The van der Waals surface area contributed by atoms with Crippen LogP contribution in [-0.2, 0) is 6.42 Å². The van der Waals surface area contributed by atoms with E-state index in [1.54, 1.807) is 0 Å². The van der Waals surface area contributed by atoms with Crippen molar-refractivity contribution in [1.82, 2.24) is 9.88 Å². The number of fused-ring (bicyclic) bond motifs is 3. The Morgan fingerprint density at radius 1 is 1.06 bits per heavy atom. The van der Waals surface area contributed by atoms with Gasteiger partial charge in [0.25, 0.3) is 0 Å². The van der Waals surface area contributed by atoms with Gasteiger partial charge in [0.1, 0.15) is 18.5 Å². The maximum atomic E-state index is 10.3. The lowest BCUT2D eigenvalue weighted by atomic mass is 9.82. The van der Waals surface area contributed by atoms with Crippen molar-refractivity contribution in [3.05, 3.63) is 63.8 Å². The van der Waals surface area contributed by atoms with E-state index in [4.69, 9.17) is 4.74 Å². The van der Waals surface area contributed by atoms with E-state index in [1.165, 1.54) is 53.4 Å². The smallest absolute Gasteiger partial charge is 0.119 e. The van der Waals surface area contributed by atoms with Gasteiger partial charge in [-0.15, -0.1) is 0 Å². The van der Waals surface area contributed by atoms with Crippen molar-refractivity contribution in [1.29, 1.82) is 0 Å². The van der Waals surface area contributed by atoms with Crippen molar-refractivity contribution in [2.75, 3.05) is 26.2 Å². The Morgan fingerprint density at radius 2 is 1.87 bits per heavy atom. The second-order valence-electron chi connectivity index (χ2n) is 9.05. The van der Waals surface area contributed by atoms with E-state index in [0.29, 0.717) is 19.1 Å². The molecule has 2 unspecified atom stereocenters. The Morgan fingerprint density at radius 3 is 2.68 bits per heavy atom. The van der Waals surface area contributed by atoms with Crippen LogP contribution >= 0.6 is 15.9 Å². The van der Waals surface area contributed by atoms with Gasteiger partial charge in [-0.3, -0.25) is 0 Å². The Hall–Kier alpha value is -1.82. The van der Waals surface area contributed by atoms with Crippen molar-refractivity contribution in [2.45, 2.75) is 50.5 Å². The number of aliphatic hydroxyl groups excluding tert-OH is 1. The minimum atomic E-state index is -0.440. The maximum Gasteiger partial charge on any atom is 0.119 e. The highest BCUT2D eigenvalue weighted by atomic mass is 79.9. The number of aliphatic hydroxyl groups is 1. The summed E-state index contributed by atoms with van der Waals surface area (Å²) in [5.74, 6) is 1.23. The van der Waals surface area contributed by atoms with Gasteiger partial charge in [-0.25, -0.2) is 0 Å². The van der Waals surface area contributed by atoms with E-state index < -0.39 is 6.10 Å². The second kappa shape index (κ2) is 9.35. The molecule has 0 bridgehead atoms. The monoisotopic (exact) mass is 482 g/mol. The Balaban J connectivity index is 1.25. The van der Waals surface area contributed by atoms with Crippen molar-refractivity contribution in [3.8, 4) is 5.75 Å². The molecule has 5 heteroatoms. The number of likely N-dealkylation sites (tertiary alicyclic amines) is 1. The Kier molecular flexibility index (Phi) is 6.35. The fourth-order valence-electron chi connectivity index (χ4n) is 5.25. The van der Waals surface area contributed by atoms with E-state index in [-0.39, 0.29) is 0 Å². The van der Waals surface area contributed by atoms with Crippen molar-refractivity contribution < 1.29 is 9.84 Å². The van der Waals surface area contributed by atoms with Crippen molar-refractivity contribution in [2.24, 2.45) is 0 Å². The summed E-state index contributed by atoms with van der Waals surface area (Å²) < 4.78 is 7.02. The molecule has 0 amide bonds. The number of halogens is 1. The van der Waals surface area contributed by atoms with Gasteiger partial charge in [0.05, 0.1) is 0 Å². The molecule has 4 nitrogen and oxygen atoms in total. The molecule has 1 aliphatic heterocycles. The fourth-order valence-corrected chi connectivity index (χ4v) is 5.61. The summed E-state index contributed by atoms with van der Waals surface area (Å²) in [6, 6.07) is 15.0. The van der Waals surface area contributed by atoms with Crippen LogP contribution < -0.4 is 4.74 Å². The molecule has 1 fully saturated rings. The van der Waals surface area contributed by atoms with Crippen LogP contribution in [0, 0.1) is 0 Å². The van der Waals surface area contributed by atoms with Gasteiger partial charge in [-0.05, 0) is 86.7 Å². The first-order chi connectivity index (χ1) is 15.2. The average Bonchev–Trinajstić information content (AvgIpc) is 3.17. The molecule has 31 heavy (non-hydrogen) atoms. The molecule has 1 aliphatic carbocycles. The molecule has 1 saturated heterocycles. The summed E-state index contributed by atoms with van der Waals surface area (Å²) in [5.41, 5.74) is 5.38. The van der Waals surface area contributed by atoms with E-state index >= 15 is 0 Å². The summed E-state index contributed by atoms with van der Waals surface area (Å²) in [5, 5.41) is 11.7. The van der Waals surface area contributed by atoms with Gasteiger partial charge in [0.15, 0.2) is 0 Å². The predicted octanol–water partition coefficient (Wildman–Crippen LogP) is 5.62. The quantitative estimate of drug-likeness (QED) is 0.478. The number of aryl methyl sites for hydroxylation is 1. The van der Waals surface area contributed by atoms with Crippen LogP contribution in [0.3, 0.4) is 0 Å². The second-order valence-corrected chi connectivity index (χ2v) is 9.96. The van der Waals surface area contributed by atoms with E-state index in [0.717, 1.165) is 36.2 Å². The van der Waals surface area contributed by atoms with Gasteiger partial charge >= 0.3 is 0 Å². The number of nitrogens with zero attached hydrogens (tertiary/aromatic N) is 1. The summed E-state index contributed by atoms with van der Waals surface area (Å²) in [6.45, 7) is 3.25. The van der Waals surface area contributed by atoms with Crippen LogP contribution in [0.4, 0.5) is 0 Å². The maximum absolute atomic E-state index is 10.3. The lowest BCUT2D eigenvalue weighted by Crippen LogP contribution is -2.38. The minimum Gasteiger partial charge on any atom is -0.491 e. The Labute approximate surface area is 192 Å². The first kappa shape index (κ1) is 21.0. The van der Waals surface area contributed by atoms with Crippen LogP contribution in [0.5, 0.6) is 5.75 Å². The number of aromatic amines is 1. The molecule has 5 rings (SSSR count). The number of benzene rings is 2. The van der Waals surface area contributed by atoms with E-state index in [9.17, 15) is 5.11 Å². The summed E-state index contributed by atoms with van der Waals surface area (Å²) in [4.78, 5) is 6.04. The van der Waals surface area contributed by atoms with Crippen LogP contribution in [0.1, 0.15) is 54.8 Å². The number of nitrogens with one attached hydrogen (secondary N) is 1. The number of ether oxygens (including phenoxy) is 1. The molecule has 0 radical (unpaired) electrons. The highest BCUT2D eigenvalue weighted by Crippen LogP contribution is 2.40. The molecule has 2 aromatic carbocycles. The van der Waals surface area contributed by atoms with Gasteiger partial charge in [-0.2, -0.15) is 0 Å². The number of H-pyrrole nitrogens is 1. The number of rotatable bonds is 6. The molecule has 3 aromatic rings. The number of piperidine rings is 1. The molecule has 1 aromatic heterocycles. The first-order valence-electron chi connectivity index (χ1n) is 11.6. The largest absolute Gasteiger partial charge is 0.491 e. The molecule has 164 valence electrons. The highest BCUT2D eigenvalue weighted by molar-refractivity contribution is 9.10. The number of hydrogen-bond donors (Lipinski definition) is 2. The zero-order chi connectivity index (χ0) is 21.2. The molecular formula is C26H31BrN2O2. The van der Waals surface area contributed by atoms with Crippen LogP contribution in [0.15, 0.2) is 46.9 Å². The van der Waals surface area contributed by atoms with Crippen LogP contribution in [0.25, 0.3) is 10.9 Å². The predicted molar refractivity (Wildman–Crippen MR) is 129 cm³/mol. The molecule has 2 N–H and O–H groups in total. The molecular weight excluding hydrogens is 452 g/mol. The lowest BCUT2D eigenvalue weighted by Gasteiger charge is -2.28. The normalized spacial score (nSPS) is 20.5. The molecule has 2 aliphatic rings. The van der Waals surface area contributed by atoms with Gasteiger partial charge in [-0.1, -0.05) is 34.5 Å². The van der Waals surface area contributed by atoms with Crippen molar-refractivity contribution >= 4 is 26.8 Å². The molecule has 2 atom stereocenters. The van der Waals surface area contributed by atoms with Gasteiger partial charge < -0.3 is 19.7 Å². The summed E-state index contributed by atoms with van der Waals surface area (Å²) in [7, 11) is 0. The van der Waals surface area contributed by atoms with E-state index in [2.05, 4.69) is 68.3 Å². The average molecular weight is 483 g/mol. The number of β-amino-alcohol motifs (C(OH)–C–C–N with tert-alkyl or cyclic N) is 1. The van der Waals surface area contributed by atoms with Crippen molar-refractivity contribution in [3.63, 3.8) is 0 Å². The Bertz CT molecular complexity index is 1020. The third-order valence-corrected chi connectivity index (χ3v) is 7.30. The topological polar surface area (TPSA) is 48.5 Å². The fraction of sp³-hybridized carbons (Fsp3) is 0.462. The van der Waals surface area contributed by atoms with Crippen LogP contribution in [0.2, 0.25) is 0 Å². The zero-order valence-corrected chi connectivity index (χ0v) is 19.5. The third kappa shape index (κ3) is 4.69. The first-order valence-corrected chi connectivity index (χ1v) is 12.4. The van der Waals surface area contributed by atoms with E-state index in [1.807, 2.05) is 0 Å². The molecule has 0 spiro atoms. The molecule has 2 heterocycles. The summed E-state index contributed by atoms with van der Waals surface area (Å²) >= 11 is 3.62.